The minimum atomic E-state index is -0.499. The first-order valence-corrected chi connectivity index (χ1v) is 12.2. The molecule has 1 amide bonds. The molecular weight excluding hydrogens is 490 g/mol. The molecule has 182 valence electrons. The predicted octanol–water partition coefficient (Wildman–Crippen LogP) is 4.41. The number of halogens is 3. The lowest BCUT2D eigenvalue weighted by Crippen LogP contribution is -2.47. The van der Waals surface area contributed by atoms with Crippen molar-refractivity contribution in [1.29, 1.82) is 0 Å². The lowest BCUT2D eigenvalue weighted by Gasteiger charge is -2.32. The molecule has 0 bridgehead atoms. The van der Waals surface area contributed by atoms with Crippen molar-refractivity contribution in [3.63, 3.8) is 0 Å². The van der Waals surface area contributed by atoms with Crippen molar-refractivity contribution in [1.82, 2.24) is 20.0 Å². The van der Waals surface area contributed by atoms with Gasteiger partial charge in [-0.2, -0.15) is 0 Å². The average Bonchev–Trinajstić information content (AvgIpc) is 2.89. The van der Waals surface area contributed by atoms with E-state index in [0.717, 1.165) is 37.4 Å². The van der Waals surface area contributed by atoms with Crippen molar-refractivity contribution in [3.05, 3.63) is 69.5 Å². The Labute approximate surface area is 213 Å². The first-order chi connectivity index (χ1) is 16.9. The van der Waals surface area contributed by atoms with Crippen LogP contribution in [-0.2, 0) is 6.54 Å². The summed E-state index contributed by atoms with van der Waals surface area (Å²) in [5.41, 5.74) is 3.54. The Balaban J connectivity index is 1.38. The average molecular weight is 515 g/mol. The first kappa shape index (κ1) is 23.8. The van der Waals surface area contributed by atoms with Gasteiger partial charge in [-0.15, -0.1) is 10.2 Å². The predicted molar refractivity (Wildman–Crippen MR) is 137 cm³/mol. The molecule has 3 heterocycles. The van der Waals surface area contributed by atoms with Crippen LogP contribution < -0.4 is 10.2 Å². The van der Waals surface area contributed by atoms with E-state index in [1.807, 2.05) is 35.2 Å². The van der Waals surface area contributed by atoms with Crippen molar-refractivity contribution >= 4 is 40.6 Å². The fraction of sp³-hybridized carbons (Fsp3) is 0.320. The molecule has 0 saturated carbocycles. The number of likely N-dealkylation sites (N-methyl/N-ethyl adjacent to an activating group) is 1. The van der Waals surface area contributed by atoms with E-state index >= 15 is 0 Å². The molecule has 0 unspecified atom stereocenters. The third-order valence-corrected chi connectivity index (χ3v) is 7.26. The number of amides is 1. The van der Waals surface area contributed by atoms with Gasteiger partial charge in [0.25, 0.3) is 5.91 Å². The molecule has 1 N–H and O–H groups in total. The van der Waals surface area contributed by atoms with Crippen molar-refractivity contribution in [3.8, 4) is 11.3 Å². The number of aromatic nitrogens is 2. The third-order valence-electron chi connectivity index (χ3n) is 6.49. The van der Waals surface area contributed by atoms with E-state index in [-0.39, 0.29) is 10.9 Å². The highest BCUT2D eigenvalue weighted by atomic mass is 35.5. The maximum absolute atomic E-state index is 14.0. The van der Waals surface area contributed by atoms with Crippen LogP contribution in [0, 0.1) is 5.82 Å². The maximum atomic E-state index is 14.0. The summed E-state index contributed by atoms with van der Waals surface area (Å²) in [7, 11) is 2.06. The Morgan fingerprint density at radius 1 is 1.03 bits per heavy atom. The van der Waals surface area contributed by atoms with E-state index in [9.17, 15) is 9.18 Å². The van der Waals surface area contributed by atoms with Gasteiger partial charge in [-0.25, -0.2) is 4.39 Å². The van der Waals surface area contributed by atoms with Gasteiger partial charge >= 0.3 is 0 Å². The van der Waals surface area contributed by atoms with Gasteiger partial charge in [0.1, 0.15) is 5.82 Å². The molecule has 0 radical (unpaired) electrons. The largest absolute Gasteiger partial charge is 0.365 e. The van der Waals surface area contributed by atoms with Crippen LogP contribution in [0.5, 0.6) is 0 Å². The van der Waals surface area contributed by atoms with E-state index in [1.165, 1.54) is 12.1 Å². The number of nitrogens with one attached hydrogen (secondary N) is 1. The lowest BCUT2D eigenvalue weighted by molar-refractivity contribution is 0.0664. The number of anilines is 2. The van der Waals surface area contributed by atoms with Gasteiger partial charge in [0.15, 0.2) is 5.82 Å². The quantitative estimate of drug-likeness (QED) is 0.520. The maximum Gasteiger partial charge on any atom is 0.253 e. The number of piperazine rings is 1. The number of benzene rings is 2. The number of rotatable bonds is 4. The van der Waals surface area contributed by atoms with Crippen LogP contribution in [-0.4, -0.2) is 72.2 Å². The molecule has 2 aromatic carbocycles. The summed E-state index contributed by atoms with van der Waals surface area (Å²) < 4.78 is 14.0. The topological polar surface area (TPSA) is 64.6 Å². The van der Waals surface area contributed by atoms with Gasteiger partial charge in [0, 0.05) is 67.5 Å². The normalized spacial score (nSPS) is 16.1. The van der Waals surface area contributed by atoms with Gasteiger partial charge in [-0.3, -0.25) is 4.79 Å². The molecule has 2 aliphatic rings. The Morgan fingerprint density at radius 2 is 1.77 bits per heavy atom. The summed E-state index contributed by atoms with van der Waals surface area (Å²) in [5.74, 6) is 0.187. The summed E-state index contributed by atoms with van der Waals surface area (Å²) in [6, 6.07) is 12.2. The molecule has 1 aromatic heterocycles. The fourth-order valence-corrected chi connectivity index (χ4v) is 4.85. The van der Waals surface area contributed by atoms with Crippen LogP contribution in [0.2, 0.25) is 10.0 Å². The SMILES string of the molecule is CN1CCN(C(=O)c2ccc(-c3cc4c(nn3)NCCN4Cc3c(Cl)ccc(F)c3Cl)cc2)CC1. The molecule has 1 saturated heterocycles. The Kier molecular flexibility index (Phi) is 6.77. The number of fused-ring (bicyclic) bond motifs is 1. The minimum absolute atomic E-state index is 0.0282. The van der Waals surface area contributed by atoms with Crippen LogP contribution in [0.4, 0.5) is 15.9 Å². The summed E-state index contributed by atoms with van der Waals surface area (Å²) in [6.07, 6.45) is 0. The van der Waals surface area contributed by atoms with E-state index in [2.05, 4.69) is 32.4 Å². The van der Waals surface area contributed by atoms with Gasteiger partial charge in [0.2, 0.25) is 0 Å². The second kappa shape index (κ2) is 9.97. The van der Waals surface area contributed by atoms with Crippen LogP contribution in [0.15, 0.2) is 42.5 Å². The van der Waals surface area contributed by atoms with Gasteiger partial charge < -0.3 is 20.0 Å². The van der Waals surface area contributed by atoms with Crippen LogP contribution in [0.1, 0.15) is 15.9 Å². The first-order valence-electron chi connectivity index (χ1n) is 11.5. The highest BCUT2D eigenvalue weighted by Crippen LogP contribution is 2.35. The molecule has 10 heteroatoms. The molecule has 5 rings (SSSR count). The summed E-state index contributed by atoms with van der Waals surface area (Å²) in [4.78, 5) is 19.0. The minimum Gasteiger partial charge on any atom is -0.365 e. The summed E-state index contributed by atoms with van der Waals surface area (Å²) >= 11 is 12.5. The molecule has 0 spiro atoms. The zero-order valence-corrected chi connectivity index (χ0v) is 20.8. The highest BCUT2D eigenvalue weighted by Gasteiger charge is 2.23. The molecule has 35 heavy (non-hydrogen) atoms. The van der Waals surface area contributed by atoms with Gasteiger partial charge in [-0.1, -0.05) is 35.3 Å². The summed E-state index contributed by atoms with van der Waals surface area (Å²) in [6.45, 7) is 4.89. The van der Waals surface area contributed by atoms with Gasteiger partial charge in [-0.05, 0) is 37.4 Å². The second-order valence-corrected chi connectivity index (χ2v) is 9.59. The monoisotopic (exact) mass is 514 g/mol. The highest BCUT2D eigenvalue weighted by molar-refractivity contribution is 6.36. The number of nitrogens with zero attached hydrogens (tertiary/aromatic N) is 5. The van der Waals surface area contributed by atoms with E-state index < -0.39 is 5.82 Å². The lowest BCUT2D eigenvalue weighted by atomic mass is 10.1. The van der Waals surface area contributed by atoms with Crippen LogP contribution in [0.25, 0.3) is 11.3 Å². The van der Waals surface area contributed by atoms with E-state index in [0.29, 0.717) is 47.3 Å². The molecule has 0 aliphatic carbocycles. The van der Waals surface area contributed by atoms with E-state index in [4.69, 9.17) is 23.2 Å². The molecule has 7 nitrogen and oxygen atoms in total. The fourth-order valence-electron chi connectivity index (χ4n) is 4.36. The molecule has 3 aromatic rings. The smallest absolute Gasteiger partial charge is 0.253 e. The van der Waals surface area contributed by atoms with Crippen molar-refractivity contribution in [2.24, 2.45) is 0 Å². The molecule has 1 fully saturated rings. The summed E-state index contributed by atoms with van der Waals surface area (Å²) in [5, 5.41) is 12.4. The van der Waals surface area contributed by atoms with Crippen molar-refractivity contribution < 1.29 is 9.18 Å². The molecule has 2 aliphatic heterocycles. The third kappa shape index (κ3) is 4.91. The molecular formula is C25H25Cl2FN6O. The Morgan fingerprint density at radius 3 is 2.51 bits per heavy atom. The van der Waals surface area contributed by atoms with Gasteiger partial charge in [0.05, 0.1) is 16.4 Å². The van der Waals surface area contributed by atoms with Crippen molar-refractivity contribution in [2.75, 3.05) is 56.5 Å². The van der Waals surface area contributed by atoms with Crippen molar-refractivity contribution in [2.45, 2.75) is 6.54 Å². The number of carbonyl (C=O) groups excluding carboxylic acids is 1. The van der Waals surface area contributed by atoms with Crippen LogP contribution >= 0.6 is 23.2 Å². The van der Waals surface area contributed by atoms with E-state index in [1.54, 1.807) is 0 Å². The zero-order chi connectivity index (χ0) is 24.5. The molecule has 0 atom stereocenters. The zero-order valence-electron chi connectivity index (χ0n) is 19.3. The standard InChI is InChI=1S/C25H25Cl2FN6O/c1-32-10-12-33(13-11-32)25(35)17-4-2-16(3-5-17)21-14-22-24(31-30-21)29-8-9-34(22)15-18-19(26)6-7-20(28)23(18)27/h2-7,14H,8-13,15H2,1H3,(H,29,31). The Hall–Kier alpha value is -2.94. The Bertz CT molecular complexity index is 1250. The number of hydrogen-bond acceptors (Lipinski definition) is 6. The number of hydrogen-bond donors (Lipinski definition) is 1. The number of carbonyl (C=O) groups is 1. The second-order valence-electron chi connectivity index (χ2n) is 8.81. The van der Waals surface area contributed by atoms with Crippen LogP contribution in [0.3, 0.4) is 0 Å².